The van der Waals surface area contributed by atoms with Crippen molar-refractivity contribution in [2.45, 2.75) is 43.7 Å². The molecule has 11 heteroatoms. The number of nitrogens with zero attached hydrogens (tertiary/aromatic N) is 5. The highest BCUT2D eigenvalue weighted by Gasteiger charge is 2.39. The smallest absolute Gasteiger partial charge is 0.323 e. The third-order valence-corrected chi connectivity index (χ3v) is 7.90. The number of carbonyl (C=O) groups excluding carboxylic acids is 2. The first-order valence-electron chi connectivity index (χ1n) is 14.1. The number of benzene rings is 2. The molecule has 0 aliphatic carbocycles. The summed E-state index contributed by atoms with van der Waals surface area (Å²) in [6.07, 6.45) is 3.95. The second-order valence-electron chi connectivity index (χ2n) is 11.0. The van der Waals surface area contributed by atoms with E-state index in [-0.39, 0.29) is 17.9 Å². The Kier molecular flexibility index (Phi) is 7.80. The molecule has 0 radical (unpaired) electrons. The summed E-state index contributed by atoms with van der Waals surface area (Å²) in [5.74, 6) is 2.32. The fraction of sp³-hybridized carbons (Fsp3) is 0.433. The van der Waals surface area contributed by atoms with Gasteiger partial charge in [-0.3, -0.25) is 4.79 Å². The summed E-state index contributed by atoms with van der Waals surface area (Å²) in [6, 6.07) is 14.5. The van der Waals surface area contributed by atoms with Crippen LogP contribution in [0.5, 0.6) is 0 Å². The number of anilines is 3. The van der Waals surface area contributed by atoms with Gasteiger partial charge in [-0.2, -0.15) is 9.97 Å². The van der Waals surface area contributed by atoms with Crippen molar-refractivity contribution < 1.29 is 19.1 Å². The van der Waals surface area contributed by atoms with Gasteiger partial charge in [0.15, 0.2) is 5.82 Å². The first-order valence-corrected chi connectivity index (χ1v) is 14.1. The van der Waals surface area contributed by atoms with E-state index in [0.29, 0.717) is 61.3 Å². The molecule has 41 heavy (non-hydrogen) atoms. The molecule has 4 heterocycles. The van der Waals surface area contributed by atoms with Crippen molar-refractivity contribution in [1.82, 2.24) is 19.9 Å². The third kappa shape index (κ3) is 6.01. The summed E-state index contributed by atoms with van der Waals surface area (Å²) in [6.45, 7) is 2.82. The van der Waals surface area contributed by atoms with Crippen LogP contribution in [0.2, 0.25) is 0 Å². The quantitative estimate of drug-likeness (QED) is 0.464. The maximum atomic E-state index is 12.6. The number of fused-ring (bicyclic) bond motifs is 2. The Hall–Kier alpha value is -4.09. The van der Waals surface area contributed by atoms with Crippen molar-refractivity contribution in [3.05, 3.63) is 59.9 Å². The fourth-order valence-corrected chi connectivity index (χ4v) is 5.67. The van der Waals surface area contributed by atoms with Gasteiger partial charge in [0.1, 0.15) is 5.82 Å². The summed E-state index contributed by atoms with van der Waals surface area (Å²) in [5, 5.41) is 5.66. The van der Waals surface area contributed by atoms with E-state index >= 15 is 0 Å². The summed E-state index contributed by atoms with van der Waals surface area (Å²) in [5.41, 5.74) is 2.63. The lowest BCUT2D eigenvalue weighted by Gasteiger charge is -2.35. The molecule has 1 aromatic heterocycles. The van der Waals surface area contributed by atoms with Gasteiger partial charge in [0.05, 0.1) is 25.3 Å². The second kappa shape index (κ2) is 11.8. The van der Waals surface area contributed by atoms with Gasteiger partial charge in [-0.1, -0.05) is 0 Å². The van der Waals surface area contributed by atoms with Crippen LogP contribution in [0.15, 0.2) is 48.5 Å². The van der Waals surface area contributed by atoms with Crippen LogP contribution >= 0.6 is 0 Å². The molecule has 3 aromatic rings. The normalized spacial score (nSPS) is 20.5. The standard InChI is InChI=1S/C30H35N7O4/c1-36(2)28(38)21-5-9-23(10-6-21)32-30(39)31-22-7-3-19(4-8-22)26-33-27(20-13-15-40-16-14-20)35-29(34-26)37-24-11-12-25(37)18-41-17-24/h3-10,20,24-25H,11-18H2,1-2H3,(H2,31,32,39). The van der Waals surface area contributed by atoms with Crippen LogP contribution in [0, 0.1) is 0 Å². The van der Waals surface area contributed by atoms with Gasteiger partial charge < -0.3 is 29.9 Å². The molecule has 3 aliphatic heterocycles. The number of hydrogen-bond donors (Lipinski definition) is 2. The van der Waals surface area contributed by atoms with Crippen LogP contribution in [0.25, 0.3) is 11.4 Å². The molecule has 6 rings (SSSR count). The average molecular weight is 558 g/mol. The van der Waals surface area contributed by atoms with E-state index in [0.717, 1.165) is 43.0 Å². The number of morpholine rings is 1. The van der Waals surface area contributed by atoms with Crippen molar-refractivity contribution in [3.63, 3.8) is 0 Å². The first-order chi connectivity index (χ1) is 19.9. The monoisotopic (exact) mass is 557 g/mol. The molecule has 2 bridgehead atoms. The van der Waals surface area contributed by atoms with Gasteiger partial charge in [0.2, 0.25) is 5.95 Å². The van der Waals surface area contributed by atoms with Crippen LogP contribution in [-0.2, 0) is 9.47 Å². The maximum Gasteiger partial charge on any atom is 0.323 e. The fourth-order valence-electron chi connectivity index (χ4n) is 5.67. The molecule has 214 valence electrons. The minimum absolute atomic E-state index is 0.0939. The molecule has 3 saturated heterocycles. The topological polar surface area (TPSA) is 122 Å². The van der Waals surface area contributed by atoms with Crippen molar-refractivity contribution >= 4 is 29.3 Å². The predicted molar refractivity (Wildman–Crippen MR) is 155 cm³/mol. The van der Waals surface area contributed by atoms with Crippen LogP contribution in [0.3, 0.4) is 0 Å². The second-order valence-corrected chi connectivity index (χ2v) is 11.0. The highest BCUT2D eigenvalue weighted by atomic mass is 16.5. The average Bonchev–Trinajstić information content (AvgIpc) is 3.25. The lowest BCUT2D eigenvalue weighted by molar-refractivity contribution is 0.0826. The number of nitrogens with one attached hydrogen (secondary N) is 2. The highest BCUT2D eigenvalue weighted by Crippen LogP contribution is 2.34. The number of carbonyl (C=O) groups is 2. The maximum absolute atomic E-state index is 12.6. The lowest BCUT2D eigenvalue weighted by Crippen LogP contribution is -2.47. The molecule has 2 unspecified atom stereocenters. The zero-order valence-electron chi connectivity index (χ0n) is 23.4. The molecule has 2 atom stereocenters. The number of ether oxygens (including phenoxy) is 2. The van der Waals surface area contributed by atoms with Gasteiger partial charge >= 0.3 is 6.03 Å². The van der Waals surface area contributed by atoms with Crippen LogP contribution < -0.4 is 15.5 Å². The van der Waals surface area contributed by atoms with E-state index in [1.54, 1.807) is 38.4 Å². The highest BCUT2D eigenvalue weighted by molar-refractivity contribution is 6.00. The molecular formula is C30H35N7O4. The van der Waals surface area contributed by atoms with E-state index in [9.17, 15) is 9.59 Å². The molecule has 3 aliphatic rings. The van der Waals surface area contributed by atoms with Crippen molar-refractivity contribution in [2.24, 2.45) is 0 Å². The zero-order valence-corrected chi connectivity index (χ0v) is 23.4. The molecule has 2 aromatic carbocycles. The summed E-state index contributed by atoms with van der Waals surface area (Å²) in [7, 11) is 3.40. The van der Waals surface area contributed by atoms with Gasteiger partial charge in [-0.25, -0.2) is 9.78 Å². The molecule has 3 amide bonds. The van der Waals surface area contributed by atoms with E-state index in [4.69, 9.17) is 24.4 Å². The Morgan fingerprint density at radius 2 is 1.41 bits per heavy atom. The van der Waals surface area contributed by atoms with Crippen molar-refractivity contribution in [3.8, 4) is 11.4 Å². The minimum atomic E-state index is -0.378. The largest absolute Gasteiger partial charge is 0.381 e. The number of hydrogen-bond acceptors (Lipinski definition) is 8. The van der Waals surface area contributed by atoms with E-state index in [2.05, 4.69) is 15.5 Å². The summed E-state index contributed by atoms with van der Waals surface area (Å²) in [4.78, 5) is 43.3. The predicted octanol–water partition coefficient (Wildman–Crippen LogP) is 4.15. The Morgan fingerprint density at radius 3 is 2.02 bits per heavy atom. The minimum Gasteiger partial charge on any atom is -0.381 e. The molecule has 11 nitrogen and oxygen atoms in total. The molecule has 3 fully saturated rings. The molecular weight excluding hydrogens is 522 g/mol. The summed E-state index contributed by atoms with van der Waals surface area (Å²) < 4.78 is 11.4. The van der Waals surface area contributed by atoms with Gasteiger partial charge in [-0.05, 0) is 74.2 Å². The summed E-state index contributed by atoms with van der Waals surface area (Å²) >= 11 is 0. The van der Waals surface area contributed by atoms with Crippen molar-refractivity contribution in [2.75, 3.05) is 56.1 Å². The lowest BCUT2D eigenvalue weighted by atomic mass is 9.99. The first kappa shape index (κ1) is 27.1. The van der Waals surface area contributed by atoms with Crippen LogP contribution in [-0.4, -0.2) is 84.4 Å². The molecule has 0 spiro atoms. The number of urea groups is 1. The van der Waals surface area contributed by atoms with E-state index in [1.165, 1.54) is 4.90 Å². The Balaban J connectivity index is 1.18. The zero-order chi connectivity index (χ0) is 28.3. The van der Waals surface area contributed by atoms with Gasteiger partial charge in [-0.15, -0.1) is 0 Å². The van der Waals surface area contributed by atoms with E-state index in [1.807, 2.05) is 24.3 Å². The number of rotatable bonds is 6. The Labute approximate surface area is 239 Å². The molecule has 0 saturated carbocycles. The van der Waals surface area contributed by atoms with Crippen molar-refractivity contribution in [1.29, 1.82) is 0 Å². The van der Waals surface area contributed by atoms with E-state index < -0.39 is 0 Å². The number of aromatic nitrogens is 3. The van der Waals surface area contributed by atoms with Gasteiger partial charge in [0.25, 0.3) is 5.91 Å². The van der Waals surface area contributed by atoms with Crippen LogP contribution in [0.4, 0.5) is 22.1 Å². The molecule has 2 N–H and O–H groups in total. The van der Waals surface area contributed by atoms with Gasteiger partial charge in [0, 0.05) is 55.7 Å². The number of amides is 3. The third-order valence-electron chi connectivity index (χ3n) is 7.90. The SMILES string of the molecule is CN(C)C(=O)c1ccc(NC(=O)Nc2ccc(-c3nc(C4CCOCC4)nc(N4C5CCC4COC5)n3)cc2)cc1. The Morgan fingerprint density at radius 1 is 0.805 bits per heavy atom. The van der Waals surface area contributed by atoms with Crippen LogP contribution in [0.1, 0.15) is 47.8 Å². The Bertz CT molecular complexity index is 1370.